The van der Waals surface area contributed by atoms with E-state index in [4.69, 9.17) is 14.2 Å². The van der Waals surface area contributed by atoms with Crippen molar-refractivity contribution in [1.29, 1.82) is 0 Å². The van der Waals surface area contributed by atoms with Crippen molar-refractivity contribution in [2.45, 2.75) is 77.7 Å². The van der Waals surface area contributed by atoms with E-state index in [2.05, 4.69) is 0 Å². The molecule has 0 saturated carbocycles. The summed E-state index contributed by atoms with van der Waals surface area (Å²) in [6.07, 6.45) is 5.56. The number of esters is 1. The van der Waals surface area contributed by atoms with E-state index in [1.807, 2.05) is 31.2 Å². The molecule has 4 atom stereocenters. The van der Waals surface area contributed by atoms with Crippen LogP contribution in [0.3, 0.4) is 0 Å². The van der Waals surface area contributed by atoms with Crippen molar-refractivity contribution in [3.8, 4) is 0 Å². The summed E-state index contributed by atoms with van der Waals surface area (Å²) >= 11 is 0. The van der Waals surface area contributed by atoms with Crippen molar-refractivity contribution in [3.63, 3.8) is 0 Å². The fourth-order valence-electron chi connectivity index (χ4n) is 4.47. The molecule has 0 radical (unpaired) electrons. The van der Waals surface area contributed by atoms with Crippen molar-refractivity contribution in [2.75, 3.05) is 0 Å². The van der Waals surface area contributed by atoms with Gasteiger partial charge >= 0.3 is 11.9 Å². The molecular formula is C30H36O7. The molecule has 1 aliphatic rings. The number of carbonyl (C=O) groups is 2. The summed E-state index contributed by atoms with van der Waals surface area (Å²) < 4.78 is 18.2. The highest BCUT2D eigenvalue weighted by atomic mass is 16.8. The third-order valence-electron chi connectivity index (χ3n) is 5.99. The van der Waals surface area contributed by atoms with Crippen LogP contribution in [-0.4, -0.2) is 52.4 Å². The lowest BCUT2D eigenvalue weighted by Gasteiger charge is -2.24. The Bertz CT molecular complexity index is 1150. The first kappa shape index (κ1) is 28.3. The molecule has 198 valence electrons. The molecule has 0 spiro atoms. The van der Waals surface area contributed by atoms with Gasteiger partial charge in [-0.05, 0) is 76.8 Å². The lowest BCUT2D eigenvalue weighted by Crippen LogP contribution is -2.37. The number of carbonyl (C=O) groups excluding carboxylic acids is 1. The minimum absolute atomic E-state index is 0.262. The number of carboxylic acids is 1. The van der Waals surface area contributed by atoms with E-state index in [-0.39, 0.29) is 5.56 Å². The molecule has 37 heavy (non-hydrogen) atoms. The van der Waals surface area contributed by atoms with Crippen LogP contribution < -0.4 is 0 Å². The summed E-state index contributed by atoms with van der Waals surface area (Å²) in [4.78, 5) is 24.7. The Morgan fingerprint density at radius 1 is 1.11 bits per heavy atom. The van der Waals surface area contributed by atoms with Gasteiger partial charge in [-0.15, -0.1) is 0 Å². The van der Waals surface area contributed by atoms with E-state index in [1.54, 1.807) is 70.2 Å². The fraction of sp³-hybridized carbons (Fsp3) is 0.400. The third kappa shape index (κ3) is 7.86. The molecule has 7 heteroatoms. The summed E-state index contributed by atoms with van der Waals surface area (Å²) in [7, 11) is 0. The molecule has 1 unspecified atom stereocenters. The maximum absolute atomic E-state index is 12.9. The molecule has 1 heterocycles. The number of aryl methyl sites for hydroxylation is 2. The van der Waals surface area contributed by atoms with Gasteiger partial charge in [0.25, 0.3) is 0 Å². The molecule has 2 aromatic carbocycles. The van der Waals surface area contributed by atoms with Gasteiger partial charge in [-0.3, -0.25) is 0 Å². The van der Waals surface area contributed by atoms with Crippen molar-refractivity contribution in [3.05, 3.63) is 88.5 Å². The molecule has 2 aromatic rings. The van der Waals surface area contributed by atoms with Gasteiger partial charge < -0.3 is 24.4 Å². The van der Waals surface area contributed by atoms with Crippen LogP contribution in [-0.2, 0) is 14.2 Å². The van der Waals surface area contributed by atoms with Gasteiger partial charge in [-0.1, -0.05) is 54.1 Å². The maximum Gasteiger partial charge on any atom is 0.338 e. The quantitative estimate of drug-likeness (QED) is 0.324. The Morgan fingerprint density at radius 2 is 1.81 bits per heavy atom. The zero-order valence-electron chi connectivity index (χ0n) is 22.0. The summed E-state index contributed by atoms with van der Waals surface area (Å²) in [5.41, 5.74) is 2.96. The highest BCUT2D eigenvalue weighted by molar-refractivity contribution is 5.94. The molecule has 3 rings (SSSR count). The first-order chi connectivity index (χ1) is 17.5. The number of carboxylic acid groups (broad SMARTS) is 1. The van der Waals surface area contributed by atoms with Crippen LogP contribution in [0.15, 0.2) is 60.7 Å². The van der Waals surface area contributed by atoms with Crippen molar-refractivity contribution in [1.82, 2.24) is 0 Å². The number of aliphatic hydroxyl groups is 1. The molecule has 2 N–H and O–H groups in total. The van der Waals surface area contributed by atoms with Crippen molar-refractivity contribution < 1.29 is 34.0 Å². The van der Waals surface area contributed by atoms with E-state index in [9.17, 15) is 19.8 Å². The van der Waals surface area contributed by atoms with Crippen LogP contribution in [0.2, 0.25) is 0 Å². The summed E-state index contributed by atoms with van der Waals surface area (Å²) in [6.45, 7) is 8.98. The standard InChI is InChI=1S/C30H36O7/c1-19-17-20(2)26(28(32)33)23(18-19)14-10-16-25-27(37-30(4,5)36-25)24(15-9-11-21(3)31)35-29(34)22-12-7-6-8-13-22/h6-10,12-15,17-18,21,24-25,27,31H,11,16H2,1-5H3,(H,32,33)/b14-10+,15-9-/t21-,24?,25+,27-/m1/s1. The molecule has 1 aliphatic heterocycles. The number of rotatable bonds is 10. The minimum atomic E-state index is -0.979. The van der Waals surface area contributed by atoms with E-state index in [0.29, 0.717) is 29.5 Å². The normalized spacial score (nSPS) is 20.8. The van der Waals surface area contributed by atoms with Gasteiger partial charge in [0.05, 0.1) is 23.3 Å². The summed E-state index contributed by atoms with van der Waals surface area (Å²) in [6, 6.07) is 12.4. The van der Waals surface area contributed by atoms with Crippen LogP contribution in [0.5, 0.6) is 0 Å². The van der Waals surface area contributed by atoms with E-state index < -0.39 is 42.1 Å². The lowest BCUT2D eigenvalue weighted by atomic mass is 9.97. The van der Waals surface area contributed by atoms with Gasteiger partial charge in [-0.2, -0.15) is 0 Å². The Morgan fingerprint density at radius 3 is 2.46 bits per heavy atom. The van der Waals surface area contributed by atoms with Gasteiger partial charge in [0, 0.05) is 0 Å². The maximum atomic E-state index is 12.9. The number of ether oxygens (including phenoxy) is 3. The number of benzene rings is 2. The molecule has 1 fully saturated rings. The number of aliphatic hydroxyl groups excluding tert-OH is 1. The predicted octanol–water partition coefficient (Wildman–Crippen LogP) is 5.48. The minimum Gasteiger partial charge on any atom is -0.478 e. The van der Waals surface area contributed by atoms with E-state index in [0.717, 1.165) is 5.56 Å². The average Bonchev–Trinajstić information content (AvgIpc) is 3.12. The number of hydrogen-bond donors (Lipinski definition) is 2. The predicted molar refractivity (Wildman–Crippen MR) is 141 cm³/mol. The fourth-order valence-corrected chi connectivity index (χ4v) is 4.47. The van der Waals surface area contributed by atoms with E-state index in [1.165, 1.54) is 0 Å². The Hall–Kier alpha value is -3.26. The zero-order chi connectivity index (χ0) is 27.2. The second kappa shape index (κ2) is 12.3. The lowest BCUT2D eigenvalue weighted by molar-refractivity contribution is -0.152. The third-order valence-corrected chi connectivity index (χ3v) is 5.99. The van der Waals surface area contributed by atoms with Crippen LogP contribution in [0.4, 0.5) is 0 Å². The molecular weight excluding hydrogens is 472 g/mol. The van der Waals surface area contributed by atoms with Gasteiger partial charge in [0.15, 0.2) is 5.79 Å². The molecule has 7 nitrogen and oxygen atoms in total. The molecule has 1 saturated heterocycles. The van der Waals surface area contributed by atoms with Gasteiger partial charge in [0.1, 0.15) is 12.2 Å². The Balaban J connectivity index is 1.85. The first-order valence-corrected chi connectivity index (χ1v) is 12.4. The average molecular weight is 509 g/mol. The van der Waals surface area contributed by atoms with Crippen molar-refractivity contribution >= 4 is 18.0 Å². The SMILES string of the molecule is Cc1cc(C)c(C(=O)O)c(/C=C/C[C@@H]2OC(C)(C)O[C@@H]2C(/C=C\C[C@@H](C)O)OC(=O)c2ccccc2)c1. The number of hydrogen-bond acceptors (Lipinski definition) is 6. The molecule has 0 aliphatic carbocycles. The monoisotopic (exact) mass is 508 g/mol. The van der Waals surface area contributed by atoms with Crippen LogP contribution in [0, 0.1) is 13.8 Å². The van der Waals surface area contributed by atoms with E-state index >= 15 is 0 Å². The van der Waals surface area contributed by atoms with Crippen LogP contribution in [0.25, 0.3) is 6.08 Å². The summed E-state index contributed by atoms with van der Waals surface area (Å²) in [5, 5.41) is 19.4. The highest BCUT2D eigenvalue weighted by Gasteiger charge is 2.45. The zero-order valence-corrected chi connectivity index (χ0v) is 22.0. The van der Waals surface area contributed by atoms with Crippen LogP contribution in [0.1, 0.15) is 71.0 Å². The summed E-state index contributed by atoms with van der Waals surface area (Å²) in [5.74, 6) is -2.38. The Labute approximate surface area is 218 Å². The Kier molecular flexibility index (Phi) is 9.43. The molecule has 0 bridgehead atoms. The topological polar surface area (TPSA) is 102 Å². The largest absolute Gasteiger partial charge is 0.478 e. The highest BCUT2D eigenvalue weighted by Crippen LogP contribution is 2.34. The first-order valence-electron chi connectivity index (χ1n) is 12.4. The number of aromatic carboxylic acids is 1. The van der Waals surface area contributed by atoms with Crippen LogP contribution >= 0.6 is 0 Å². The van der Waals surface area contributed by atoms with Gasteiger partial charge in [-0.25, -0.2) is 9.59 Å². The second-order valence-corrected chi connectivity index (χ2v) is 9.88. The van der Waals surface area contributed by atoms with Gasteiger partial charge in [0.2, 0.25) is 0 Å². The second-order valence-electron chi connectivity index (χ2n) is 9.88. The molecule has 0 aromatic heterocycles. The van der Waals surface area contributed by atoms with Crippen molar-refractivity contribution in [2.24, 2.45) is 0 Å². The molecule has 0 amide bonds. The smallest absolute Gasteiger partial charge is 0.338 e.